The first-order valence-corrected chi connectivity index (χ1v) is 4.14. The van der Waals surface area contributed by atoms with Gasteiger partial charge in [-0.2, -0.15) is 13.2 Å². The van der Waals surface area contributed by atoms with Crippen LogP contribution in [-0.2, 0) is 12.1 Å². The molecule has 0 fully saturated rings. The number of hydrogen-bond donors (Lipinski definition) is 0. The Morgan fingerprint density at radius 3 is 2.36 bits per heavy atom. The molecule has 0 bridgehead atoms. The van der Waals surface area contributed by atoms with Crippen molar-refractivity contribution < 1.29 is 13.2 Å². The lowest BCUT2D eigenvalue weighted by molar-refractivity contribution is -0.138. The van der Waals surface area contributed by atoms with E-state index in [1.54, 1.807) is 0 Å². The van der Waals surface area contributed by atoms with Crippen LogP contribution in [0.1, 0.15) is 11.3 Å². The minimum Gasteiger partial charge on any atom is -0.258 e. The number of halogens is 6. The molecule has 0 saturated heterocycles. The average Bonchev–Trinajstić information content (AvgIpc) is 2.03. The van der Waals surface area contributed by atoms with Gasteiger partial charge < -0.3 is 0 Å². The lowest BCUT2D eigenvalue weighted by atomic mass is 10.2. The summed E-state index contributed by atoms with van der Waals surface area (Å²) in [6.45, 7) is 0. The Hall–Kier alpha value is -0.190. The Kier molecular flexibility index (Phi) is 4.98. The normalized spacial score (nSPS) is 10.9. The van der Waals surface area contributed by atoms with Gasteiger partial charge in [0.1, 0.15) is 0 Å². The van der Waals surface area contributed by atoms with Crippen molar-refractivity contribution in [2.75, 3.05) is 0 Å². The molecule has 0 spiro atoms. The number of alkyl halides is 4. The van der Waals surface area contributed by atoms with Crippen LogP contribution in [0.5, 0.6) is 0 Å². The lowest BCUT2D eigenvalue weighted by Crippen LogP contribution is -2.09. The second kappa shape index (κ2) is 5.05. The van der Waals surface area contributed by atoms with Crippen LogP contribution in [0.4, 0.5) is 13.2 Å². The van der Waals surface area contributed by atoms with Crippen molar-refractivity contribution >= 4 is 35.6 Å². The molecule has 0 atom stereocenters. The molecule has 0 aliphatic heterocycles. The molecule has 7 heteroatoms. The molecule has 0 N–H and O–H groups in total. The molecule has 1 aromatic heterocycles. The average molecular weight is 266 g/mol. The zero-order chi connectivity index (χ0) is 10.1. The SMILES string of the molecule is Cl.FC(F)(F)c1cc(Cl)cnc1CCl. The Morgan fingerprint density at radius 2 is 1.93 bits per heavy atom. The quantitative estimate of drug-likeness (QED) is 0.702. The van der Waals surface area contributed by atoms with Crippen molar-refractivity contribution in [3.05, 3.63) is 28.5 Å². The van der Waals surface area contributed by atoms with Crippen LogP contribution in [0.3, 0.4) is 0 Å². The molecule has 0 aromatic carbocycles. The van der Waals surface area contributed by atoms with Gasteiger partial charge in [0.25, 0.3) is 0 Å². The molecule has 1 nitrogen and oxygen atoms in total. The third-order valence-electron chi connectivity index (χ3n) is 1.37. The van der Waals surface area contributed by atoms with Crippen LogP contribution in [0.25, 0.3) is 0 Å². The van der Waals surface area contributed by atoms with Gasteiger partial charge in [-0.3, -0.25) is 4.98 Å². The molecule has 0 radical (unpaired) electrons. The van der Waals surface area contributed by atoms with Crippen LogP contribution in [0, 0.1) is 0 Å². The molecular formula is C7H5Cl3F3N. The van der Waals surface area contributed by atoms with Gasteiger partial charge in [0.2, 0.25) is 0 Å². The van der Waals surface area contributed by atoms with E-state index < -0.39 is 11.7 Å². The topological polar surface area (TPSA) is 12.9 Å². The molecule has 14 heavy (non-hydrogen) atoms. The third-order valence-corrected chi connectivity index (χ3v) is 1.83. The Bertz CT molecular complexity index is 314. The largest absolute Gasteiger partial charge is 0.418 e. The van der Waals surface area contributed by atoms with Gasteiger partial charge in [-0.15, -0.1) is 24.0 Å². The van der Waals surface area contributed by atoms with E-state index in [0.29, 0.717) is 0 Å². The summed E-state index contributed by atoms with van der Waals surface area (Å²) in [4.78, 5) is 3.48. The van der Waals surface area contributed by atoms with Crippen molar-refractivity contribution in [3.63, 3.8) is 0 Å². The van der Waals surface area contributed by atoms with Gasteiger partial charge in [-0.05, 0) is 6.07 Å². The highest BCUT2D eigenvalue weighted by Gasteiger charge is 2.34. The van der Waals surface area contributed by atoms with E-state index >= 15 is 0 Å². The molecule has 80 valence electrons. The highest BCUT2D eigenvalue weighted by molar-refractivity contribution is 6.30. The molecule has 0 unspecified atom stereocenters. The summed E-state index contributed by atoms with van der Waals surface area (Å²) in [6.07, 6.45) is -3.32. The van der Waals surface area contributed by atoms with Gasteiger partial charge in [0, 0.05) is 6.20 Å². The van der Waals surface area contributed by atoms with Crippen LogP contribution < -0.4 is 0 Å². The maximum atomic E-state index is 12.3. The standard InChI is InChI=1S/C7H4Cl2F3N.ClH/c8-2-6-5(7(10,11)12)1-4(9)3-13-6;/h1,3H,2H2;1H. The summed E-state index contributed by atoms with van der Waals surface area (Å²) in [5.74, 6) is -0.286. The predicted octanol–water partition coefficient (Wildman–Crippen LogP) is 3.91. The molecular weight excluding hydrogens is 261 g/mol. The summed E-state index contributed by atoms with van der Waals surface area (Å²) in [7, 11) is 0. The minimum absolute atomic E-state index is 0. The summed E-state index contributed by atoms with van der Waals surface area (Å²) < 4.78 is 36.8. The van der Waals surface area contributed by atoms with Gasteiger partial charge in [0.15, 0.2) is 0 Å². The molecule has 0 aliphatic rings. The fourth-order valence-electron chi connectivity index (χ4n) is 0.820. The number of hydrogen-bond acceptors (Lipinski definition) is 1. The van der Waals surface area contributed by atoms with Crippen LogP contribution in [0.15, 0.2) is 12.3 Å². The first-order chi connectivity index (χ1) is 5.95. The Balaban J connectivity index is 0.00000169. The number of aromatic nitrogens is 1. The van der Waals surface area contributed by atoms with Gasteiger partial charge in [0.05, 0.1) is 22.2 Å². The molecule has 1 heterocycles. The monoisotopic (exact) mass is 265 g/mol. The maximum Gasteiger partial charge on any atom is 0.418 e. The molecule has 1 rings (SSSR count). The second-order valence-corrected chi connectivity index (χ2v) is 2.98. The summed E-state index contributed by atoms with van der Waals surface area (Å²) >= 11 is 10.7. The van der Waals surface area contributed by atoms with E-state index in [1.165, 1.54) is 0 Å². The number of nitrogens with zero attached hydrogens (tertiary/aromatic N) is 1. The Labute approximate surface area is 94.6 Å². The highest BCUT2D eigenvalue weighted by atomic mass is 35.5. The maximum absolute atomic E-state index is 12.3. The van der Waals surface area contributed by atoms with Crippen molar-refractivity contribution in [3.8, 4) is 0 Å². The number of pyridine rings is 1. The fourth-order valence-corrected chi connectivity index (χ4v) is 1.19. The summed E-state index contributed by atoms with van der Waals surface area (Å²) in [6, 6.07) is 0.812. The van der Waals surface area contributed by atoms with E-state index in [4.69, 9.17) is 23.2 Å². The fraction of sp³-hybridized carbons (Fsp3) is 0.286. The predicted molar refractivity (Wildman–Crippen MR) is 51.1 cm³/mol. The van der Waals surface area contributed by atoms with E-state index in [2.05, 4.69) is 4.98 Å². The van der Waals surface area contributed by atoms with E-state index in [1.807, 2.05) is 0 Å². The highest BCUT2D eigenvalue weighted by Crippen LogP contribution is 2.33. The zero-order valence-corrected chi connectivity index (χ0v) is 8.94. The van der Waals surface area contributed by atoms with Crippen LogP contribution >= 0.6 is 35.6 Å². The second-order valence-electron chi connectivity index (χ2n) is 2.28. The minimum atomic E-state index is -4.46. The van der Waals surface area contributed by atoms with Crippen molar-refractivity contribution in [2.45, 2.75) is 12.1 Å². The molecule has 0 amide bonds. The first-order valence-electron chi connectivity index (χ1n) is 3.22. The Morgan fingerprint density at radius 1 is 1.36 bits per heavy atom. The molecule has 0 saturated carbocycles. The van der Waals surface area contributed by atoms with E-state index in [-0.39, 0.29) is 29.0 Å². The molecule has 0 aliphatic carbocycles. The first kappa shape index (κ1) is 13.8. The van der Waals surface area contributed by atoms with Crippen molar-refractivity contribution in [1.29, 1.82) is 0 Å². The lowest BCUT2D eigenvalue weighted by Gasteiger charge is -2.09. The van der Waals surface area contributed by atoms with Gasteiger partial charge in [-0.25, -0.2) is 0 Å². The summed E-state index contributed by atoms with van der Waals surface area (Å²) in [5, 5.41) is -0.0545. The van der Waals surface area contributed by atoms with E-state index in [9.17, 15) is 13.2 Å². The molecule has 1 aromatic rings. The smallest absolute Gasteiger partial charge is 0.258 e. The zero-order valence-electron chi connectivity index (χ0n) is 6.61. The van der Waals surface area contributed by atoms with Gasteiger partial charge in [-0.1, -0.05) is 11.6 Å². The van der Waals surface area contributed by atoms with Crippen LogP contribution in [-0.4, -0.2) is 4.98 Å². The van der Waals surface area contributed by atoms with Crippen LogP contribution in [0.2, 0.25) is 5.02 Å². The third kappa shape index (κ3) is 3.19. The van der Waals surface area contributed by atoms with Gasteiger partial charge >= 0.3 is 6.18 Å². The van der Waals surface area contributed by atoms with Crippen molar-refractivity contribution in [2.24, 2.45) is 0 Å². The van der Waals surface area contributed by atoms with Crippen molar-refractivity contribution in [1.82, 2.24) is 4.98 Å². The summed E-state index contributed by atoms with van der Waals surface area (Å²) in [5.41, 5.74) is -1.09. The number of rotatable bonds is 1. The van der Waals surface area contributed by atoms with E-state index in [0.717, 1.165) is 12.3 Å².